The number of amides is 3. The molecule has 1 aromatic rings. The number of rotatable bonds is 6. The van der Waals surface area contributed by atoms with Gasteiger partial charge in [0.1, 0.15) is 0 Å². The normalized spacial score (nSPS) is 24.1. The zero-order valence-electron chi connectivity index (χ0n) is 15.9. The first-order chi connectivity index (χ1) is 13.4. The monoisotopic (exact) mass is 422 g/mol. The summed E-state index contributed by atoms with van der Waals surface area (Å²) in [7, 11) is 0. The molecule has 2 fully saturated rings. The van der Waals surface area contributed by atoms with Crippen molar-refractivity contribution in [2.45, 2.75) is 19.8 Å². The van der Waals surface area contributed by atoms with E-state index in [1.165, 1.54) is 16.2 Å². The number of thioether (sulfide) groups is 1. The van der Waals surface area contributed by atoms with E-state index in [2.05, 4.69) is 12.2 Å². The Bertz CT molecular complexity index is 799. The van der Waals surface area contributed by atoms with Crippen molar-refractivity contribution in [2.75, 3.05) is 32.7 Å². The highest BCUT2D eigenvalue weighted by Crippen LogP contribution is 2.33. The number of benzene rings is 1. The summed E-state index contributed by atoms with van der Waals surface area (Å²) >= 11 is 7.01. The Hall–Kier alpha value is -1.83. The molecule has 0 bridgehead atoms. The zero-order valence-corrected chi connectivity index (χ0v) is 17.4. The molecule has 0 spiro atoms. The number of piperidine rings is 1. The van der Waals surface area contributed by atoms with Gasteiger partial charge in [-0.25, -0.2) is 0 Å². The van der Waals surface area contributed by atoms with Crippen LogP contribution >= 0.6 is 23.4 Å². The number of carbonyl (C=O) groups is 3. The minimum atomic E-state index is -0.348. The van der Waals surface area contributed by atoms with E-state index in [9.17, 15) is 14.4 Å². The maximum Gasteiger partial charge on any atom is 0.293 e. The van der Waals surface area contributed by atoms with Gasteiger partial charge in [-0.3, -0.25) is 19.3 Å². The highest BCUT2D eigenvalue weighted by atomic mass is 35.5. The summed E-state index contributed by atoms with van der Waals surface area (Å²) < 4.78 is 0. The standard InChI is InChI=1S/C20H24ClN3O3S/c1-14-5-4-9-23(12-14)13-18(25)22-8-10-24-19(26)17(28-20(24)27)11-15-6-2-3-7-16(15)21/h2-3,6-7,11,14H,4-5,8-10,12-13H2,1H3,(H,22,25)/p+1/b17-11-/t14-/m1/s1. The van der Waals surface area contributed by atoms with E-state index in [-0.39, 0.29) is 30.1 Å². The SMILES string of the molecule is C[C@@H]1CCC[NH+](CC(=O)NCCN2C(=O)S/C(=C\c3ccccc3Cl)C2=O)C1. The Morgan fingerprint density at radius 3 is 2.93 bits per heavy atom. The highest BCUT2D eigenvalue weighted by Gasteiger charge is 2.34. The number of hydrogen-bond acceptors (Lipinski definition) is 4. The third kappa shape index (κ3) is 5.37. The van der Waals surface area contributed by atoms with E-state index >= 15 is 0 Å². The van der Waals surface area contributed by atoms with Gasteiger partial charge in [0.25, 0.3) is 17.1 Å². The number of carbonyl (C=O) groups excluding carboxylic acids is 3. The highest BCUT2D eigenvalue weighted by molar-refractivity contribution is 8.18. The number of imide groups is 1. The topological polar surface area (TPSA) is 70.9 Å². The van der Waals surface area contributed by atoms with Crippen molar-refractivity contribution < 1.29 is 19.3 Å². The van der Waals surface area contributed by atoms with E-state index < -0.39 is 0 Å². The van der Waals surface area contributed by atoms with Crippen LogP contribution in [0.3, 0.4) is 0 Å². The third-order valence-corrected chi connectivity index (χ3v) is 6.25. The van der Waals surface area contributed by atoms with Gasteiger partial charge in [0.2, 0.25) is 0 Å². The number of quaternary nitrogens is 1. The molecule has 1 aromatic carbocycles. The predicted octanol–water partition coefficient (Wildman–Crippen LogP) is 1.81. The Labute approximate surface area is 174 Å². The van der Waals surface area contributed by atoms with Gasteiger partial charge in [-0.2, -0.15) is 0 Å². The molecule has 28 heavy (non-hydrogen) atoms. The number of likely N-dealkylation sites (tertiary alicyclic amines) is 1. The van der Waals surface area contributed by atoms with Gasteiger partial charge in [0, 0.05) is 24.0 Å². The molecule has 2 N–H and O–H groups in total. The second kappa shape index (κ2) is 9.58. The van der Waals surface area contributed by atoms with E-state index in [4.69, 9.17) is 11.6 Å². The van der Waals surface area contributed by atoms with Crippen molar-refractivity contribution in [2.24, 2.45) is 5.92 Å². The number of halogens is 1. The molecule has 2 heterocycles. The molecule has 3 rings (SSSR count). The van der Waals surface area contributed by atoms with Crippen LogP contribution in [0.5, 0.6) is 0 Å². The number of nitrogens with zero attached hydrogens (tertiary/aromatic N) is 1. The smallest absolute Gasteiger partial charge is 0.293 e. The van der Waals surface area contributed by atoms with Crippen LogP contribution in [-0.2, 0) is 9.59 Å². The van der Waals surface area contributed by atoms with Crippen molar-refractivity contribution in [1.29, 1.82) is 0 Å². The minimum Gasteiger partial charge on any atom is -0.349 e. The molecule has 0 saturated carbocycles. The van der Waals surface area contributed by atoms with Crippen LogP contribution in [0, 0.1) is 5.92 Å². The van der Waals surface area contributed by atoms with Gasteiger partial charge in [0.05, 0.1) is 18.0 Å². The summed E-state index contributed by atoms with van der Waals surface area (Å²) in [5.74, 6) is 0.263. The fraction of sp³-hybridized carbons (Fsp3) is 0.450. The van der Waals surface area contributed by atoms with Gasteiger partial charge in [0.15, 0.2) is 6.54 Å². The van der Waals surface area contributed by atoms with Gasteiger partial charge < -0.3 is 10.2 Å². The van der Waals surface area contributed by atoms with Crippen molar-refractivity contribution in [3.8, 4) is 0 Å². The molecule has 2 aliphatic rings. The Morgan fingerprint density at radius 2 is 2.18 bits per heavy atom. The van der Waals surface area contributed by atoms with E-state index in [0.717, 1.165) is 31.3 Å². The van der Waals surface area contributed by atoms with Gasteiger partial charge in [-0.1, -0.05) is 36.7 Å². The molecule has 8 heteroatoms. The molecule has 2 atom stereocenters. The molecule has 150 valence electrons. The van der Waals surface area contributed by atoms with Crippen LogP contribution in [0.1, 0.15) is 25.3 Å². The fourth-order valence-corrected chi connectivity index (χ4v) is 4.63. The second-order valence-electron chi connectivity index (χ2n) is 7.33. The van der Waals surface area contributed by atoms with Crippen molar-refractivity contribution >= 4 is 46.5 Å². The van der Waals surface area contributed by atoms with Gasteiger partial charge in [-0.05, 0) is 42.3 Å². The lowest BCUT2D eigenvalue weighted by atomic mass is 10.0. The number of hydrogen-bond donors (Lipinski definition) is 2. The maximum atomic E-state index is 12.5. The minimum absolute atomic E-state index is 0.0392. The van der Waals surface area contributed by atoms with Crippen molar-refractivity contribution in [1.82, 2.24) is 10.2 Å². The largest absolute Gasteiger partial charge is 0.349 e. The summed E-state index contributed by atoms with van der Waals surface area (Å²) in [5.41, 5.74) is 0.696. The molecule has 2 saturated heterocycles. The van der Waals surface area contributed by atoms with E-state index in [1.54, 1.807) is 24.3 Å². The maximum absolute atomic E-state index is 12.5. The Kier molecular flexibility index (Phi) is 7.15. The molecule has 0 aliphatic carbocycles. The molecule has 1 unspecified atom stereocenters. The second-order valence-corrected chi connectivity index (χ2v) is 8.73. The van der Waals surface area contributed by atoms with Crippen molar-refractivity contribution in [3.63, 3.8) is 0 Å². The lowest BCUT2D eigenvalue weighted by Gasteiger charge is -2.27. The summed E-state index contributed by atoms with van der Waals surface area (Å²) in [6, 6.07) is 7.15. The summed E-state index contributed by atoms with van der Waals surface area (Å²) in [6.07, 6.45) is 4.01. The lowest BCUT2D eigenvalue weighted by Crippen LogP contribution is -3.14. The lowest BCUT2D eigenvalue weighted by molar-refractivity contribution is -0.900. The average molecular weight is 423 g/mol. The van der Waals surface area contributed by atoms with Gasteiger partial charge >= 0.3 is 0 Å². The molecular weight excluding hydrogens is 398 g/mol. The molecule has 0 aromatic heterocycles. The predicted molar refractivity (Wildman–Crippen MR) is 111 cm³/mol. The van der Waals surface area contributed by atoms with Crippen LogP contribution in [0.25, 0.3) is 6.08 Å². The Morgan fingerprint density at radius 1 is 1.39 bits per heavy atom. The van der Waals surface area contributed by atoms with Crippen LogP contribution < -0.4 is 10.2 Å². The molecule has 2 aliphatic heterocycles. The molecular formula is C20H25ClN3O3S+. The van der Waals surface area contributed by atoms with Gasteiger partial charge in [-0.15, -0.1) is 0 Å². The third-order valence-electron chi connectivity index (χ3n) is 5.00. The van der Waals surface area contributed by atoms with Crippen molar-refractivity contribution in [3.05, 3.63) is 39.8 Å². The van der Waals surface area contributed by atoms with E-state index in [1.807, 2.05) is 6.07 Å². The molecule has 6 nitrogen and oxygen atoms in total. The first-order valence-corrected chi connectivity index (χ1v) is 10.7. The van der Waals surface area contributed by atoms with E-state index in [0.29, 0.717) is 28.0 Å². The Balaban J connectivity index is 1.49. The summed E-state index contributed by atoms with van der Waals surface area (Å²) in [4.78, 5) is 39.6. The zero-order chi connectivity index (χ0) is 20.1. The molecule has 3 amide bonds. The average Bonchev–Trinajstić information content (AvgIpc) is 2.91. The fourth-order valence-electron chi connectivity index (χ4n) is 3.58. The van der Waals surface area contributed by atoms with Crippen LogP contribution in [-0.4, -0.2) is 54.7 Å². The van der Waals surface area contributed by atoms with Crippen LogP contribution in [0.4, 0.5) is 4.79 Å². The number of nitrogens with one attached hydrogen (secondary N) is 2. The van der Waals surface area contributed by atoms with Crippen LogP contribution in [0.2, 0.25) is 5.02 Å². The quantitative estimate of drug-likeness (QED) is 0.686. The molecule has 0 radical (unpaired) electrons. The summed E-state index contributed by atoms with van der Waals surface area (Å²) in [5, 5.41) is 3.03. The first kappa shape index (κ1) is 20.9. The first-order valence-electron chi connectivity index (χ1n) is 9.54. The van der Waals surface area contributed by atoms with Crippen LogP contribution in [0.15, 0.2) is 29.2 Å². The summed E-state index contributed by atoms with van der Waals surface area (Å²) in [6.45, 7) is 5.13.